The summed E-state index contributed by atoms with van der Waals surface area (Å²) < 4.78 is 42.0. The van der Waals surface area contributed by atoms with Crippen LogP contribution in [0.2, 0.25) is 0 Å². The fraction of sp³-hybridized carbons (Fsp3) is 0.192. The Hall–Kier alpha value is -4.14. The minimum atomic E-state index is -0.748. The van der Waals surface area contributed by atoms with E-state index in [9.17, 15) is 22.8 Å². The number of fused-ring (bicyclic) bond motifs is 1. The fourth-order valence-corrected chi connectivity index (χ4v) is 4.21. The lowest BCUT2D eigenvalue weighted by Gasteiger charge is -2.22. The monoisotopic (exact) mass is 478 g/mol. The van der Waals surface area contributed by atoms with E-state index >= 15 is 0 Å². The summed E-state index contributed by atoms with van der Waals surface area (Å²) in [5.74, 6) is -1.91. The molecule has 0 unspecified atom stereocenters. The van der Waals surface area contributed by atoms with Gasteiger partial charge in [0.15, 0.2) is 0 Å². The Kier molecular flexibility index (Phi) is 5.98. The van der Waals surface area contributed by atoms with E-state index in [-0.39, 0.29) is 23.2 Å². The smallest absolute Gasteiger partial charge is 0.267 e. The first-order valence-electron chi connectivity index (χ1n) is 11.2. The number of nitrogens with zero attached hydrogens (tertiary/aromatic N) is 3. The van der Waals surface area contributed by atoms with Gasteiger partial charge in [0.25, 0.3) is 11.5 Å². The normalized spacial score (nSPS) is 13.4. The molecule has 4 aromatic rings. The summed E-state index contributed by atoms with van der Waals surface area (Å²) >= 11 is 0. The summed E-state index contributed by atoms with van der Waals surface area (Å²) in [5.41, 5.74) is 0.909. The first-order chi connectivity index (χ1) is 16.9. The zero-order chi connectivity index (χ0) is 24.5. The molecule has 0 bridgehead atoms. The van der Waals surface area contributed by atoms with E-state index in [2.05, 4.69) is 5.32 Å². The number of hydrogen-bond acceptors (Lipinski definition) is 4. The topological polar surface area (TPSA) is 67.2 Å². The van der Waals surface area contributed by atoms with Crippen molar-refractivity contribution in [2.45, 2.75) is 19.4 Å². The quantitative estimate of drug-likeness (QED) is 0.464. The van der Waals surface area contributed by atoms with Crippen molar-refractivity contribution in [3.05, 3.63) is 99.6 Å². The van der Waals surface area contributed by atoms with E-state index < -0.39 is 23.4 Å². The number of carbonyl (C=O) groups is 1. The summed E-state index contributed by atoms with van der Waals surface area (Å²) in [6, 6.07) is 13.3. The predicted octanol–water partition coefficient (Wildman–Crippen LogP) is 4.33. The Bertz CT molecular complexity index is 1480. The van der Waals surface area contributed by atoms with Gasteiger partial charge in [-0.25, -0.2) is 22.7 Å². The summed E-state index contributed by atoms with van der Waals surface area (Å²) in [5, 5.41) is 2.91. The summed E-state index contributed by atoms with van der Waals surface area (Å²) in [4.78, 5) is 32.9. The Balaban J connectivity index is 1.52. The second-order valence-corrected chi connectivity index (χ2v) is 8.37. The molecule has 0 atom stereocenters. The van der Waals surface area contributed by atoms with E-state index in [0.717, 1.165) is 38.1 Å². The maximum absolute atomic E-state index is 13.9. The number of hydrogen-bond donors (Lipinski definition) is 1. The van der Waals surface area contributed by atoms with Crippen LogP contribution in [-0.2, 0) is 6.54 Å². The van der Waals surface area contributed by atoms with Gasteiger partial charge in [-0.1, -0.05) is 6.07 Å². The third kappa shape index (κ3) is 4.49. The Morgan fingerprint density at radius 3 is 2.34 bits per heavy atom. The van der Waals surface area contributed by atoms with Gasteiger partial charge < -0.3 is 10.2 Å². The van der Waals surface area contributed by atoms with Crippen LogP contribution in [0.25, 0.3) is 16.6 Å². The van der Waals surface area contributed by atoms with Crippen LogP contribution in [-0.4, -0.2) is 28.5 Å². The van der Waals surface area contributed by atoms with Crippen LogP contribution < -0.4 is 15.8 Å². The molecule has 1 amide bonds. The first kappa shape index (κ1) is 22.6. The standard InChI is InChI=1S/C26H21F3N4O2/c27-18-6-8-20(9-7-18)33-25(35)21-10-4-16(13-23(21)31-26(33)32-11-1-2-12-32)24(34)30-15-17-3-5-19(28)14-22(17)29/h3-10,13-14H,1-2,11-12,15H2,(H,30,34). The molecule has 1 aliphatic rings. The van der Waals surface area contributed by atoms with Crippen molar-refractivity contribution in [2.24, 2.45) is 0 Å². The molecule has 1 fully saturated rings. The minimum absolute atomic E-state index is 0.123. The van der Waals surface area contributed by atoms with Crippen LogP contribution >= 0.6 is 0 Å². The number of aromatic nitrogens is 2. The summed E-state index contributed by atoms with van der Waals surface area (Å²) in [7, 11) is 0. The number of halogens is 3. The van der Waals surface area contributed by atoms with Crippen molar-refractivity contribution in [3.63, 3.8) is 0 Å². The van der Waals surface area contributed by atoms with Gasteiger partial charge in [-0.3, -0.25) is 9.59 Å². The second-order valence-electron chi connectivity index (χ2n) is 8.37. The Morgan fingerprint density at radius 2 is 1.63 bits per heavy atom. The van der Waals surface area contributed by atoms with Crippen molar-refractivity contribution in [3.8, 4) is 5.69 Å². The van der Waals surface area contributed by atoms with Crippen molar-refractivity contribution >= 4 is 22.8 Å². The largest absolute Gasteiger partial charge is 0.348 e. The van der Waals surface area contributed by atoms with Crippen molar-refractivity contribution < 1.29 is 18.0 Å². The van der Waals surface area contributed by atoms with Gasteiger partial charge in [-0.05, 0) is 61.4 Å². The number of rotatable bonds is 5. The average Bonchev–Trinajstić information content (AvgIpc) is 3.39. The van der Waals surface area contributed by atoms with Crippen LogP contribution in [0.5, 0.6) is 0 Å². The minimum Gasteiger partial charge on any atom is -0.348 e. The third-order valence-corrected chi connectivity index (χ3v) is 6.04. The van der Waals surface area contributed by atoms with Crippen LogP contribution in [0, 0.1) is 17.5 Å². The first-order valence-corrected chi connectivity index (χ1v) is 11.2. The van der Waals surface area contributed by atoms with Crippen LogP contribution in [0.1, 0.15) is 28.8 Å². The highest BCUT2D eigenvalue weighted by atomic mass is 19.1. The molecule has 0 spiro atoms. The van der Waals surface area contributed by atoms with Crippen LogP contribution in [0.4, 0.5) is 19.1 Å². The maximum atomic E-state index is 13.9. The van der Waals surface area contributed by atoms with Gasteiger partial charge in [0.1, 0.15) is 17.5 Å². The molecule has 2 heterocycles. The number of anilines is 1. The Morgan fingerprint density at radius 1 is 0.914 bits per heavy atom. The molecule has 0 radical (unpaired) electrons. The van der Waals surface area contributed by atoms with Crippen LogP contribution in [0.3, 0.4) is 0 Å². The SMILES string of the molecule is O=C(NCc1ccc(F)cc1F)c1ccc2c(=O)n(-c3ccc(F)cc3)c(N3CCCC3)nc2c1. The Labute approximate surface area is 198 Å². The highest BCUT2D eigenvalue weighted by molar-refractivity contribution is 5.97. The van der Waals surface area contributed by atoms with Crippen LogP contribution in [0.15, 0.2) is 65.5 Å². The van der Waals surface area contributed by atoms with Gasteiger partial charge in [0.2, 0.25) is 5.95 Å². The molecule has 0 saturated carbocycles. The van der Waals surface area contributed by atoms with E-state index in [1.165, 1.54) is 53.1 Å². The van der Waals surface area contributed by atoms with Gasteiger partial charge in [0, 0.05) is 36.8 Å². The molecule has 3 aromatic carbocycles. The average molecular weight is 478 g/mol. The molecule has 178 valence electrons. The summed E-state index contributed by atoms with van der Waals surface area (Å²) in [6.07, 6.45) is 1.92. The highest BCUT2D eigenvalue weighted by Crippen LogP contribution is 2.24. The lowest BCUT2D eigenvalue weighted by molar-refractivity contribution is 0.0950. The van der Waals surface area contributed by atoms with Gasteiger partial charge in [-0.2, -0.15) is 0 Å². The third-order valence-electron chi connectivity index (χ3n) is 6.04. The van der Waals surface area contributed by atoms with E-state index in [4.69, 9.17) is 4.98 Å². The second kappa shape index (κ2) is 9.25. The zero-order valence-electron chi connectivity index (χ0n) is 18.6. The molecular formula is C26H21F3N4O2. The van der Waals surface area contributed by atoms with Crippen molar-refractivity contribution in [1.82, 2.24) is 14.9 Å². The summed E-state index contributed by atoms with van der Waals surface area (Å²) in [6.45, 7) is 1.33. The van der Waals surface area contributed by atoms with Crippen molar-refractivity contribution in [2.75, 3.05) is 18.0 Å². The zero-order valence-corrected chi connectivity index (χ0v) is 18.6. The number of amides is 1. The molecule has 1 N–H and O–H groups in total. The molecule has 0 aliphatic carbocycles. The van der Waals surface area contributed by atoms with Gasteiger partial charge in [-0.15, -0.1) is 0 Å². The lowest BCUT2D eigenvalue weighted by Crippen LogP contribution is -2.30. The number of carbonyl (C=O) groups excluding carboxylic acids is 1. The van der Waals surface area contributed by atoms with Gasteiger partial charge >= 0.3 is 0 Å². The molecule has 5 rings (SSSR count). The number of benzene rings is 3. The molecular weight excluding hydrogens is 457 g/mol. The molecule has 6 nitrogen and oxygen atoms in total. The highest BCUT2D eigenvalue weighted by Gasteiger charge is 2.22. The molecule has 1 aliphatic heterocycles. The van der Waals surface area contributed by atoms with Gasteiger partial charge in [0.05, 0.1) is 16.6 Å². The number of nitrogens with one attached hydrogen (secondary N) is 1. The van der Waals surface area contributed by atoms with E-state index in [0.29, 0.717) is 22.5 Å². The lowest BCUT2D eigenvalue weighted by atomic mass is 10.1. The molecule has 35 heavy (non-hydrogen) atoms. The molecule has 1 aromatic heterocycles. The fourth-order valence-electron chi connectivity index (χ4n) is 4.21. The van der Waals surface area contributed by atoms with E-state index in [1.54, 1.807) is 0 Å². The predicted molar refractivity (Wildman–Crippen MR) is 126 cm³/mol. The molecule has 9 heteroatoms. The maximum Gasteiger partial charge on any atom is 0.267 e. The van der Waals surface area contributed by atoms with Crippen molar-refractivity contribution in [1.29, 1.82) is 0 Å². The molecule has 1 saturated heterocycles. The van der Waals surface area contributed by atoms with E-state index in [1.807, 2.05) is 4.90 Å².